The summed E-state index contributed by atoms with van der Waals surface area (Å²) in [6.45, 7) is -1.13. The normalized spacial score (nSPS) is 14.0. The third-order valence-electron chi connectivity index (χ3n) is 16.3. The van der Waals surface area contributed by atoms with E-state index in [0.29, 0.717) is 45.1 Å². The van der Waals surface area contributed by atoms with Crippen LogP contribution in [0.1, 0.15) is 84.4 Å². The van der Waals surface area contributed by atoms with Crippen LogP contribution in [0.4, 0.5) is 11.4 Å². The Morgan fingerprint density at radius 2 is 0.802 bits per heavy atom. The van der Waals surface area contributed by atoms with Crippen molar-refractivity contribution in [2.24, 2.45) is 0 Å². The summed E-state index contributed by atoms with van der Waals surface area (Å²) < 4.78 is 34.1. The average molecular weight is 1210 g/mol. The van der Waals surface area contributed by atoms with E-state index in [4.69, 9.17) is 41.3 Å². The van der Waals surface area contributed by atoms with E-state index in [-0.39, 0.29) is 59.8 Å². The Morgan fingerprint density at radius 3 is 1.22 bits per heavy atom. The summed E-state index contributed by atoms with van der Waals surface area (Å²) in [4.78, 5) is 83.8. The van der Waals surface area contributed by atoms with E-state index >= 15 is 0 Å². The molecule has 0 saturated heterocycles. The van der Waals surface area contributed by atoms with Crippen LogP contribution in [-0.2, 0) is 14.9 Å². The first-order chi connectivity index (χ1) is 44.3. The first kappa shape index (κ1) is 58.2. The lowest BCUT2D eigenvalue weighted by Gasteiger charge is -2.34. The summed E-state index contributed by atoms with van der Waals surface area (Å²) in [5, 5.41) is 24.7. The van der Waals surface area contributed by atoms with Gasteiger partial charge < -0.3 is 38.6 Å². The number of nitrogens with zero attached hydrogens (tertiary/aromatic N) is 2. The number of rotatable bonds is 20. The van der Waals surface area contributed by atoms with Gasteiger partial charge in [0.05, 0.1) is 50.2 Å². The Hall–Kier alpha value is -11.8. The van der Waals surface area contributed by atoms with Crippen LogP contribution in [-0.4, -0.2) is 97.6 Å². The molecule has 0 aromatic heterocycles. The molecule has 0 fully saturated rings. The van der Waals surface area contributed by atoms with Gasteiger partial charge in [0.25, 0.3) is 23.6 Å². The number of hydrogen-bond acceptors (Lipinski definition) is 14. The first-order valence-corrected chi connectivity index (χ1v) is 28.9. The molecule has 3 aliphatic rings. The summed E-state index contributed by atoms with van der Waals surface area (Å²) in [5.41, 5.74) is 6.32. The molecule has 1 aliphatic carbocycles. The molecule has 13 rings (SSSR count). The highest BCUT2D eigenvalue weighted by Crippen LogP contribution is 2.56. The third-order valence-corrected chi connectivity index (χ3v) is 16.3. The predicted molar refractivity (Wildman–Crippen MR) is 339 cm³/mol. The van der Waals surface area contributed by atoms with Gasteiger partial charge in [0.15, 0.2) is 0 Å². The standard InChI is InChI=1S/C75H52N2O14/c1-3-35-86-55-29-33-57-45(37-55)11-9-17-67(57)76-69(80)61-31-19-47(39-63(61)71(76)82)73(84)90-43-51(78)41-88-53-25-21-49(22-26-53)75(65-15-7-5-13-59(65)60-14-6-8-16-66(60)75)50-23-27-54(28-24-50)89-42-52(79)44-91-74(85)48-20-32-62-64(40-48)72(83)77(70(62)81)68-18-10-12-46-38-56(87-36-4-2)30-34-58(46)68/h1-2,5-34,37-40,51-52,78-79H,35-36,41-44H2. The Balaban J connectivity index is 0.637. The zero-order valence-electron chi connectivity index (χ0n) is 48.4. The molecule has 0 saturated carbocycles. The molecule has 10 aromatic rings. The molecule has 2 N–H and O–H groups in total. The maximum atomic E-state index is 13.8. The molecule has 446 valence electrons. The van der Waals surface area contributed by atoms with Crippen LogP contribution in [0.2, 0.25) is 0 Å². The summed E-state index contributed by atoms with van der Waals surface area (Å²) in [5.74, 6) is 2.90. The molecule has 16 heteroatoms. The molecule has 0 spiro atoms. The van der Waals surface area contributed by atoms with Gasteiger partial charge in [0.2, 0.25) is 0 Å². The van der Waals surface area contributed by atoms with Crippen molar-refractivity contribution >= 4 is 68.5 Å². The second kappa shape index (κ2) is 24.4. The fraction of sp³-hybridized carbons (Fsp3) is 0.120. The SMILES string of the molecule is C#CCOc1ccc2c(N3C(=O)c4ccc(C(=O)OCC(O)COc5ccc(C6(c7ccc(OCC(O)COC(=O)c8ccc9c(c8)C(=O)N(c8cccc%10cc(OCC#C)ccc8%10)C9=O)cc7)c7ccccc7-c7ccccc76)cc5)cc4C3=O)cccc2c1. The van der Waals surface area contributed by atoms with Crippen LogP contribution >= 0.6 is 0 Å². The van der Waals surface area contributed by atoms with Crippen molar-refractivity contribution in [2.75, 3.05) is 49.4 Å². The number of fused-ring (bicyclic) bond motifs is 7. The van der Waals surface area contributed by atoms with Gasteiger partial charge in [-0.2, -0.15) is 0 Å². The number of hydrogen-bond donors (Lipinski definition) is 2. The van der Waals surface area contributed by atoms with Gasteiger partial charge in [0.1, 0.15) is 74.8 Å². The summed E-state index contributed by atoms with van der Waals surface area (Å²) >= 11 is 0. The highest BCUT2D eigenvalue weighted by atomic mass is 16.6. The minimum Gasteiger partial charge on any atom is -0.491 e. The zero-order valence-corrected chi connectivity index (χ0v) is 48.4. The molecular weight excluding hydrogens is 1150 g/mol. The number of carbonyl (C=O) groups is 6. The van der Waals surface area contributed by atoms with Crippen LogP contribution in [0.15, 0.2) is 206 Å². The van der Waals surface area contributed by atoms with Gasteiger partial charge in [-0.25, -0.2) is 19.4 Å². The molecule has 2 heterocycles. The van der Waals surface area contributed by atoms with E-state index in [9.17, 15) is 39.0 Å². The second-order valence-corrected chi connectivity index (χ2v) is 21.7. The molecule has 2 aliphatic heterocycles. The number of aliphatic hydroxyl groups excluding tert-OH is 2. The zero-order chi connectivity index (χ0) is 62.9. The van der Waals surface area contributed by atoms with Crippen LogP contribution < -0.4 is 28.7 Å². The molecule has 4 amide bonds. The van der Waals surface area contributed by atoms with Crippen molar-refractivity contribution in [2.45, 2.75) is 17.6 Å². The average Bonchev–Trinajstić information content (AvgIpc) is 1.51. The van der Waals surface area contributed by atoms with E-state index in [1.165, 1.54) is 36.4 Å². The van der Waals surface area contributed by atoms with Gasteiger partial charge >= 0.3 is 11.9 Å². The van der Waals surface area contributed by atoms with Gasteiger partial charge in [-0.3, -0.25) is 19.2 Å². The van der Waals surface area contributed by atoms with Crippen molar-refractivity contribution < 1.29 is 67.4 Å². The predicted octanol–water partition coefficient (Wildman–Crippen LogP) is 11.2. The number of amides is 4. The van der Waals surface area contributed by atoms with Crippen molar-refractivity contribution in [1.29, 1.82) is 0 Å². The van der Waals surface area contributed by atoms with Gasteiger partial charge in [-0.05, 0) is 153 Å². The number of anilines is 2. The molecule has 2 unspecified atom stereocenters. The smallest absolute Gasteiger partial charge is 0.338 e. The van der Waals surface area contributed by atoms with E-state index in [1.807, 2.05) is 84.9 Å². The molecule has 91 heavy (non-hydrogen) atoms. The van der Waals surface area contributed by atoms with Crippen LogP contribution in [0.3, 0.4) is 0 Å². The highest BCUT2D eigenvalue weighted by Gasteiger charge is 2.46. The van der Waals surface area contributed by atoms with Crippen molar-refractivity contribution in [1.82, 2.24) is 0 Å². The van der Waals surface area contributed by atoms with Crippen molar-refractivity contribution in [3.05, 3.63) is 262 Å². The number of aliphatic hydroxyl groups is 2. The summed E-state index contributed by atoms with van der Waals surface area (Å²) in [6.07, 6.45) is 8.22. The Labute approximate surface area is 521 Å². The summed E-state index contributed by atoms with van der Waals surface area (Å²) in [7, 11) is 0. The maximum Gasteiger partial charge on any atom is 0.338 e. The lowest BCUT2D eigenvalue weighted by atomic mass is 9.68. The minimum atomic E-state index is -1.23. The molecule has 0 bridgehead atoms. The highest BCUT2D eigenvalue weighted by molar-refractivity contribution is 6.37. The quantitative estimate of drug-likeness (QED) is 0.0414. The minimum absolute atomic E-state index is 0.0197. The van der Waals surface area contributed by atoms with E-state index in [1.54, 1.807) is 60.7 Å². The van der Waals surface area contributed by atoms with Crippen molar-refractivity contribution in [3.63, 3.8) is 0 Å². The number of terminal acetylenes is 2. The lowest BCUT2D eigenvalue weighted by Crippen LogP contribution is -2.29. The molecule has 16 nitrogen and oxygen atoms in total. The Morgan fingerprint density at radius 1 is 0.407 bits per heavy atom. The van der Waals surface area contributed by atoms with Gasteiger partial charge in [-0.1, -0.05) is 109 Å². The van der Waals surface area contributed by atoms with Crippen LogP contribution in [0.5, 0.6) is 23.0 Å². The number of ether oxygens (including phenoxy) is 6. The van der Waals surface area contributed by atoms with E-state index < -0.39 is 66.4 Å². The van der Waals surface area contributed by atoms with Gasteiger partial charge in [-0.15, -0.1) is 12.8 Å². The molecular formula is C75H52N2O14. The van der Waals surface area contributed by atoms with Crippen LogP contribution in [0, 0.1) is 24.7 Å². The third kappa shape index (κ3) is 10.7. The maximum absolute atomic E-state index is 13.8. The topological polar surface area (TPSA) is 205 Å². The monoisotopic (exact) mass is 1200 g/mol. The van der Waals surface area contributed by atoms with Crippen molar-refractivity contribution in [3.8, 4) is 58.8 Å². The Kier molecular flexibility index (Phi) is 15.6. The number of carbonyl (C=O) groups excluding carboxylic acids is 6. The number of benzene rings is 10. The number of esters is 2. The lowest BCUT2D eigenvalue weighted by molar-refractivity contribution is 0.0127. The molecule has 10 aromatic carbocycles. The molecule has 0 radical (unpaired) electrons. The van der Waals surface area contributed by atoms with Gasteiger partial charge in [0, 0.05) is 10.8 Å². The first-order valence-electron chi connectivity index (χ1n) is 28.9. The van der Waals surface area contributed by atoms with E-state index in [0.717, 1.165) is 54.0 Å². The van der Waals surface area contributed by atoms with E-state index in [2.05, 4.69) is 36.1 Å². The second-order valence-electron chi connectivity index (χ2n) is 21.7. The number of imide groups is 2. The Bertz CT molecular complexity index is 4420. The fourth-order valence-electron chi connectivity index (χ4n) is 12.1. The fourth-order valence-corrected chi connectivity index (χ4v) is 12.1. The largest absolute Gasteiger partial charge is 0.491 e. The summed E-state index contributed by atoms with van der Waals surface area (Å²) in [6, 6.07) is 60.6. The molecule has 2 atom stereocenters. The van der Waals surface area contributed by atoms with Crippen LogP contribution in [0.25, 0.3) is 32.7 Å².